The van der Waals surface area contributed by atoms with Gasteiger partial charge in [0.25, 0.3) is 0 Å². The van der Waals surface area contributed by atoms with Gasteiger partial charge in [-0.15, -0.1) is 0 Å². The molecule has 0 bridgehead atoms. The van der Waals surface area contributed by atoms with Gasteiger partial charge in [-0.25, -0.2) is 0 Å². The second kappa shape index (κ2) is 4.11. The van der Waals surface area contributed by atoms with Gasteiger partial charge in [-0.2, -0.15) is 0 Å². The Morgan fingerprint density at radius 3 is 2.44 bits per heavy atom. The summed E-state index contributed by atoms with van der Waals surface area (Å²) in [5.74, 6) is 0. The van der Waals surface area contributed by atoms with Crippen molar-refractivity contribution in [3.05, 3.63) is 28.8 Å². The molecule has 2 rings (SSSR count). The van der Waals surface area contributed by atoms with Crippen LogP contribution in [0.4, 0.5) is 5.69 Å². The predicted octanol–water partition coefficient (Wildman–Crippen LogP) is 3.78. The van der Waals surface area contributed by atoms with Gasteiger partial charge < -0.3 is 10.1 Å². The van der Waals surface area contributed by atoms with Gasteiger partial charge in [-0.05, 0) is 36.8 Å². The zero-order chi connectivity index (χ0) is 13.6. The van der Waals surface area contributed by atoms with Crippen LogP contribution in [0.25, 0.3) is 0 Å². The topological polar surface area (TPSA) is 29.1 Å². The maximum atomic E-state index is 10.5. The summed E-state index contributed by atoms with van der Waals surface area (Å²) < 4.78 is 0. The number of aldehydes is 1. The van der Waals surface area contributed by atoms with E-state index in [0.717, 1.165) is 12.7 Å². The SMILES string of the molecule is CC(C)(C)c1cc(CCC=O)cc2c1NC2(C)C. The van der Waals surface area contributed by atoms with Crippen molar-refractivity contribution in [3.63, 3.8) is 0 Å². The molecule has 18 heavy (non-hydrogen) atoms. The van der Waals surface area contributed by atoms with Crippen molar-refractivity contribution in [1.29, 1.82) is 0 Å². The van der Waals surface area contributed by atoms with Crippen molar-refractivity contribution in [2.75, 3.05) is 5.32 Å². The number of hydrogen-bond donors (Lipinski definition) is 1. The highest BCUT2D eigenvalue weighted by molar-refractivity contribution is 5.73. The van der Waals surface area contributed by atoms with Crippen LogP contribution >= 0.6 is 0 Å². The Balaban J connectivity index is 2.48. The Morgan fingerprint density at radius 2 is 1.94 bits per heavy atom. The van der Waals surface area contributed by atoms with E-state index in [-0.39, 0.29) is 11.0 Å². The average molecular weight is 245 g/mol. The number of benzene rings is 1. The molecule has 0 saturated carbocycles. The van der Waals surface area contributed by atoms with Gasteiger partial charge in [-0.1, -0.05) is 32.9 Å². The average Bonchev–Trinajstić information content (AvgIpc) is 2.24. The zero-order valence-electron chi connectivity index (χ0n) is 12.1. The molecule has 2 nitrogen and oxygen atoms in total. The summed E-state index contributed by atoms with van der Waals surface area (Å²) in [6.07, 6.45) is 2.45. The van der Waals surface area contributed by atoms with Crippen LogP contribution in [0, 0.1) is 0 Å². The minimum Gasteiger partial charge on any atom is -0.375 e. The summed E-state index contributed by atoms with van der Waals surface area (Å²) in [5, 5.41) is 3.55. The monoisotopic (exact) mass is 245 g/mol. The Kier molecular flexibility index (Phi) is 3.00. The molecule has 0 fully saturated rings. The van der Waals surface area contributed by atoms with E-state index < -0.39 is 0 Å². The summed E-state index contributed by atoms with van der Waals surface area (Å²) in [7, 11) is 0. The van der Waals surface area contributed by atoms with Crippen LogP contribution in [0.3, 0.4) is 0 Å². The van der Waals surface area contributed by atoms with Crippen LogP contribution in [-0.2, 0) is 22.2 Å². The number of anilines is 1. The second-order valence-corrected chi connectivity index (χ2v) is 6.77. The van der Waals surface area contributed by atoms with E-state index in [1.54, 1.807) is 0 Å². The van der Waals surface area contributed by atoms with Crippen molar-refractivity contribution in [3.8, 4) is 0 Å². The normalized spacial score (nSPS) is 16.5. The van der Waals surface area contributed by atoms with Gasteiger partial charge in [0.1, 0.15) is 6.29 Å². The summed E-state index contributed by atoms with van der Waals surface area (Å²) in [6, 6.07) is 4.51. The van der Waals surface area contributed by atoms with Crippen LogP contribution in [0.2, 0.25) is 0 Å². The molecule has 1 aromatic carbocycles. The number of rotatable bonds is 3. The first-order valence-electron chi connectivity index (χ1n) is 6.65. The fraction of sp³-hybridized carbons (Fsp3) is 0.562. The fourth-order valence-electron chi connectivity index (χ4n) is 2.61. The van der Waals surface area contributed by atoms with E-state index in [1.807, 2.05) is 0 Å². The smallest absolute Gasteiger partial charge is 0.120 e. The van der Waals surface area contributed by atoms with Crippen molar-refractivity contribution < 1.29 is 4.79 Å². The predicted molar refractivity (Wildman–Crippen MR) is 76.2 cm³/mol. The maximum absolute atomic E-state index is 10.5. The largest absolute Gasteiger partial charge is 0.375 e. The van der Waals surface area contributed by atoms with E-state index in [9.17, 15) is 4.79 Å². The van der Waals surface area contributed by atoms with Crippen molar-refractivity contribution in [1.82, 2.24) is 0 Å². The molecule has 1 N–H and O–H groups in total. The summed E-state index contributed by atoms with van der Waals surface area (Å²) in [5.41, 5.74) is 5.51. The van der Waals surface area contributed by atoms with Gasteiger partial charge in [0.15, 0.2) is 0 Å². The van der Waals surface area contributed by atoms with Crippen molar-refractivity contribution in [2.24, 2.45) is 0 Å². The van der Waals surface area contributed by atoms with Gasteiger partial charge in [0, 0.05) is 17.7 Å². The molecular formula is C16H23NO. The molecule has 0 spiro atoms. The van der Waals surface area contributed by atoms with E-state index in [2.05, 4.69) is 52.1 Å². The zero-order valence-corrected chi connectivity index (χ0v) is 12.1. The van der Waals surface area contributed by atoms with Crippen LogP contribution in [0.15, 0.2) is 12.1 Å². The first-order valence-corrected chi connectivity index (χ1v) is 6.65. The number of nitrogens with one attached hydrogen (secondary N) is 1. The summed E-state index contributed by atoms with van der Waals surface area (Å²) >= 11 is 0. The lowest BCUT2D eigenvalue weighted by atomic mass is 9.75. The molecule has 0 saturated heterocycles. The van der Waals surface area contributed by atoms with Gasteiger partial charge in [0.2, 0.25) is 0 Å². The minimum absolute atomic E-state index is 0.0620. The lowest BCUT2D eigenvalue weighted by molar-refractivity contribution is -0.107. The Bertz CT molecular complexity index is 481. The van der Waals surface area contributed by atoms with Gasteiger partial charge in [-0.3, -0.25) is 0 Å². The molecule has 0 unspecified atom stereocenters. The highest BCUT2D eigenvalue weighted by Crippen LogP contribution is 2.47. The van der Waals surface area contributed by atoms with Crippen LogP contribution in [-0.4, -0.2) is 6.29 Å². The fourth-order valence-corrected chi connectivity index (χ4v) is 2.61. The van der Waals surface area contributed by atoms with Crippen LogP contribution < -0.4 is 5.32 Å². The third-order valence-corrected chi connectivity index (χ3v) is 3.67. The molecule has 2 heteroatoms. The third kappa shape index (κ3) is 2.16. The van der Waals surface area contributed by atoms with Crippen molar-refractivity contribution in [2.45, 2.75) is 58.4 Å². The lowest BCUT2D eigenvalue weighted by Gasteiger charge is -2.44. The van der Waals surface area contributed by atoms with Crippen molar-refractivity contribution >= 4 is 12.0 Å². The standard InChI is InChI=1S/C16H23NO/c1-15(2,3)12-9-11(7-6-8-18)10-13-14(12)17-16(13,4)5/h8-10,17H,6-7H2,1-5H3. The Hall–Kier alpha value is -1.31. The van der Waals surface area contributed by atoms with Crippen LogP contribution in [0.1, 0.15) is 57.7 Å². The minimum atomic E-state index is 0.0620. The Labute approximate surface area is 110 Å². The number of carbonyl (C=O) groups is 1. The highest BCUT2D eigenvalue weighted by atomic mass is 16.1. The molecule has 1 aromatic rings. The quantitative estimate of drug-likeness (QED) is 0.821. The number of aryl methyl sites for hydroxylation is 1. The molecule has 0 aromatic heterocycles. The van der Waals surface area contributed by atoms with Gasteiger partial charge in [0.05, 0.1) is 5.54 Å². The summed E-state index contributed by atoms with van der Waals surface area (Å²) in [6.45, 7) is 11.1. The number of carbonyl (C=O) groups excluding carboxylic acids is 1. The molecule has 0 amide bonds. The van der Waals surface area contributed by atoms with E-state index in [1.165, 1.54) is 22.4 Å². The molecule has 1 aliphatic heterocycles. The Morgan fingerprint density at radius 1 is 1.28 bits per heavy atom. The third-order valence-electron chi connectivity index (χ3n) is 3.67. The van der Waals surface area contributed by atoms with E-state index >= 15 is 0 Å². The lowest BCUT2D eigenvalue weighted by Crippen LogP contribution is -2.40. The summed E-state index contributed by atoms with van der Waals surface area (Å²) in [4.78, 5) is 10.5. The molecule has 0 radical (unpaired) electrons. The first kappa shape index (κ1) is 13.1. The van der Waals surface area contributed by atoms with Crippen LogP contribution in [0.5, 0.6) is 0 Å². The molecule has 1 heterocycles. The maximum Gasteiger partial charge on any atom is 0.120 e. The van der Waals surface area contributed by atoms with E-state index in [0.29, 0.717) is 6.42 Å². The molecular weight excluding hydrogens is 222 g/mol. The highest BCUT2D eigenvalue weighted by Gasteiger charge is 2.37. The molecule has 0 aliphatic carbocycles. The molecule has 98 valence electrons. The number of hydrogen-bond acceptors (Lipinski definition) is 2. The van der Waals surface area contributed by atoms with E-state index in [4.69, 9.17) is 0 Å². The molecule has 1 aliphatic rings. The second-order valence-electron chi connectivity index (χ2n) is 6.77. The van der Waals surface area contributed by atoms with Gasteiger partial charge >= 0.3 is 0 Å². The first-order chi connectivity index (χ1) is 8.25. The number of fused-ring (bicyclic) bond motifs is 1. The molecule has 0 atom stereocenters.